The second-order valence-corrected chi connectivity index (χ2v) is 47.0. The summed E-state index contributed by atoms with van der Waals surface area (Å²) in [5, 5.41) is 38.4. The number of imidazole rings is 3. The summed E-state index contributed by atoms with van der Waals surface area (Å²) >= 11 is 32.5. The van der Waals surface area contributed by atoms with Crippen LogP contribution >= 0.6 is 58.0 Å². The molecule has 16 rings (SSSR count). The van der Waals surface area contributed by atoms with E-state index in [0.717, 1.165) is 36.5 Å². The van der Waals surface area contributed by atoms with Crippen LogP contribution in [0.25, 0.3) is 72.6 Å². The molecule has 4 aromatic heterocycles. The van der Waals surface area contributed by atoms with Crippen molar-refractivity contribution in [2.45, 2.75) is 190 Å². The lowest BCUT2D eigenvalue weighted by molar-refractivity contribution is -0.136. The van der Waals surface area contributed by atoms with Crippen molar-refractivity contribution in [1.29, 1.82) is 0 Å². The van der Waals surface area contributed by atoms with Gasteiger partial charge in [-0.25, -0.2) is 70.9 Å². The Hall–Kier alpha value is -11.8. The van der Waals surface area contributed by atoms with E-state index in [1.807, 2.05) is 65.2 Å². The minimum atomic E-state index is -4.59. The third-order valence-electron chi connectivity index (χ3n) is 25.5. The lowest BCUT2D eigenvalue weighted by Crippen LogP contribution is -2.26. The van der Waals surface area contributed by atoms with Gasteiger partial charge in [-0.1, -0.05) is 152 Å². The zero-order chi connectivity index (χ0) is 108. The van der Waals surface area contributed by atoms with E-state index in [4.69, 9.17) is 73.0 Å². The summed E-state index contributed by atoms with van der Waals surface area (Å²) in [6, 6.07) is 55.4. The molecule has 0 fully saturated rings. The second-order valence-electron chi connectivity index (χ2n) is 39.0. The second kappa shape index (κ2) is 42.7. The van der Waals surface area contributed by atoms with Crippen LogP contribution in [-0.2, 0) is 94.5 Å². The van der Waals surface area contributed by atoms with Crippen LogP contribution in [0.3, 0.4) is 0 Å². The molecule has 0 aliphatic heterocycles. The maximum atomic E-state index is 15.1. The fourth-order valence-electron chi connectivity index (χ4n) is 17.8. The SMILES string of the molecule is CCc1c(F)cc(-c2ccc(-n3cc(C(C)(C)O)nc3C(C)(C)c3c(Cl)cccc3Cl)c(Cl)c2)cc1S(C)(=O)=O.CCc1c(F)cc(-c2ccc(-n3cc(C(C)(C)O)nc3C(C)(C)c3c(F)cccc3Cl)c(C)c2)cc1S(C)(=O)=O.CCc1c(F)cc(-c2ccc(-n3cc(C(C)(C)O)nc3C(C)(C)c3ccccc3F)cc2)cc1S(C)(=O)=O.Fc1ccc(-c2c3cccc(C(F)(F)F)c3nn2Cc2ccc(F)cc2Cl)cc1. The fourth-order valence-corrected chi connectivity index (χ4v) is 22.6. The van der Waals surface area contributed by atoms with Gasteiger partial charge in [-0.2, -0.15) is 18.3 Å². The Morgan fingerprint density at radius 1 is 0.354 bits per heavy atom. The van der Waals surface area contributed by atoms with E-state index in [0.29, 0.717) is 128 Å². The molecule has 0 amide bonds. The number of aryl methyl sites for hydroxylation is 1. The average Bonchev–Trinajstić information content (AvgIpc) is 1.62. The van der Waals surface area contributed by atoms with Gasteiger partial charge >= 0.3 is 6.18 Å². The summed E-state index contributed by atoms with van der Waals surface area (Å²) in [6.07, 6.45) is 4.53. The maximum absolute atomic E-state index is 15.1. The predicted molar refractivity (Wildman–Crippen MR) is 561 cm³/mol. The molecule has 0 aliphatic carbocycles. The number of hydrogen-bond acceptors (Lipinski definition) is 13. The standard InChI is InChI=1S/C31H33ClF2N2O3S.C30H30Cl3FN2O3S.C30H32F2N2O3S.C21H12ClF5N2/c1-8-21-24(34)15-20(16-26(21)40(7,38)39)19-12-13-25(18(2)14-19)36-17-27(31(5,6)37)35-29(36)30(3,4)28-22(32)10-9-11-23(28)33;1-7-19-23(34)14-18(15-25(19)40(6,38)39)17-11-12-24(22(33)13-17)36-16-26(30(4,5)37)35-28(36)29(2,3)27-20(31)9-8-10-21(27)32;1-7-22-25(32)16-20(17-26(22)38(6,36)37)19-12-14-21(15-13-19)34-18-27(30(4,5)35)33-28(34)29(2,3)23-10-8-9-11-24(23)31;22-18-10-15(24)9-6-13(18)11-29-20(12-4-7-14(23)8-5-12)16-2-1-3-17(19(16)28-29)21(25,26)27/h9-17,37H,8H2,1-7H3;8-16,37H,7H2,1-6H3;8-18,35H,7H2,1-6H3;1-10H,11H2. The highest BCUT2D eigenvalue weighted by molar-refractivity contribution is 7.91. The van der Waals surface area contributed by atoms with E-state index < -0.39 is 109 Å². The van der Waals surface area contributed by atoms with Crippen LogP contribution in [0, 0.1) is 47.6 Å². The quantitative estimate of drug-likeness (QED) is 0.0478. The van der Waals surface area contributed by atoms with Gasteiger partial charge < -0.3 is 29.0 Å². The van der Waals surface area contributed by atoms with Crippen LogP contribution in [0.2, 0.25) is 25.1 Å². The maximum Gasteiger partial charge on any atom is 0.418 e. The molecule has 772 valence electrons. The summed E-state index contributed by atoms with van der Waals surface area (Å²) in [4.78, 5) is 14.2. The van der Waals surface area contributed by atoms with E-state index >= 15 is 4.39 Å². The first-order chi connectivity index (χ1) is 68.3. The molecule has 4 heterocycles. The summed E-state index contributed by atoms with van der Waals surface area (Å²) in [7, 11) is -10.9. The normalized spacial score (nSPS) is 12.5. The number of nitrogens with zero attached hydrogens (tertiary/aromatic N) is 8. The fraction of sp³-hybridized carbons (Fsp3) is 0.268. The molecule has 147 heavy (non-hydrogen) atoms. The van der Waals surface area contributed by atoms with Crippen molar-refractivity contribution in [2.24, 2.45) is 0 Å². The minimum absolute atomic E-state index is 0.0117. The first kappa shape index (κ1) is 112. The molecule has 17 nitrogen and oxygen atoms in total. The molecular weight excluding hydrogens is 2060 g/mol. The zero-order valence-corrected chi connectivity index (χ0v) is 89.8. The van der Waals surface area contributed by atoms with Crippen molar-refractivity contribution >= 4 is 98.4 Å². The number of aromatic nitrogens is 8. The molecule has 0 saturated heterocycles. The highest BCUT2D eigenvalue weighted by Crippen LogP contribution is 2.48. The van der Waals surface area contributed by atoms with E-state index in [-0.39, 0.29) is 89.5 Å². The van der Waals surface area contributed by atoms with Crippen molar-refractivity contribution in [1.82, 2.24) is 38.4 Å². The molecule has 16 aromatic rings. The Labute approximate surface area is 873 Å². The Morgan fingerprint density at radius 2 is 0.741 bits per heavy atom. The van der Waals surface area contributed by atoms with Crippen LogP contribution in [0.4, 0.5) is 43.9 Å². The van der Waals surface area contributed by atoms with Gasteiger partial charge in [-0.15, -0.1) is 0 Å². The van der Waals surface area contributed by atoms with Crippen LogP contribution in [0.5, 0.6) is 0 Å². The predicted octanol–water partition coefficient (Wildman–Crippen LogP) is 28.5. The number of benzene rings is 12. The third kappa shape index (κ3) is 24.1. The van der Waals surface area contributed by atoms with Crippen molar-refractivity contribution in [3.8, 4) is 61.7 Å². The number of alkyl halides is 3. The molecule has 0 bridgehead atoms. The molecule has 35 heteroatoms. The number of aliphatic hydroxyl groups is 3. The van der Waals surface area contributed by atoms with E-state index in [2.05, 4.69) is 5.10 Å². The van der Waals surface area contributed by atoms with Gasteiger partial charge in [0, 0.05) is 113 Å². The Kier molecular flexibility index (Phi) is 32.6. The highest BCUT2D eigenvalue weighted by atomic mass is 35.5. The van der Waals surface area contributed by atoms with E-state index in [9.17, 15) is 80.1 Å². The van der Waals surface area contributed by atoms with Gasteiger partial charge in [0.2, 0.25) is 0 Å². The van der Waals surface area contributed by atoms with Crippen LogP contribution in [0.15, 0.2) is 252 Å². The number of halogens is 15. The average molecular weight is 2170 g/mol. The first-order valence-electron chi connectivity index (χ1n) is 46.3. The van der Waals surface area contributed by atoms with Gasteiger partial charge in [0.05, 0.1) is 76.5 Å². The smallest absolute Gasteiger partial charge is 0.384 e. The zero-order valence-electron chi connectivity index (χ0n) is 83.6. The molecule has 0 atom stereocenters. The van der Waals surface area contributed by atoms with Gasteiger partial charge in [-0.3, -0.25) is 4.68 Å². The topological polar surface area (TPSA) is 234 Å². The van der Waals surface area contributed by atoms with Gasteiger partial charge in [0.15, 0.2) is 29.5 Å². The summed E-state index contributed by atoms with van der Waals surface area (Å²) < 4.78 is 223. The Bertz CT molecular complexity index is 7840. The van der Waals surface area contributed by atoms with Crippen molar-refractivity contribution in [2.75, 3.05) is 18.8 Å². The van der Waals surface area contributed by atoms with Gasteiger partial charge in [0.1, 0.15) is 80.5 Å². The molecule has 3 N–H and O–H groups in total. The third-order valence-corrected chi connectivity index (χ3v) is 30.5. The monoisotopic (exact) mass is 2170 g/mol. The molecular formula is C112H107Cl5F10N8O9S3. The number of sulfone groups is 3. The Balaban J connectivity index is 0.000000165. The number of hydrogen-bond donors (Lipinski definition) is 3. The van der Waals surface area contributed by atoms with Gasteiger partial charge in [-0.05, 0) is 299 Å². The van der Waals surface area contributed by atoms with E-state index in [1.165, 1.54) is 102 Å². The number of rotatable bonds is 24. The van der Waals surface area contributed by atoms with Crippen molar-refractivity contribution < 1.29 is 84.5 Å². The van der Waals surface area contributed by atoms with Crippen molar-refractivity contribution in [3.63, 3.8) is 0 Å². The molecule has 0 spiro atoms. The Morgan fingerprint density at radius 3 is 1.18 bits per heavy atom. The summed E-state index contributed by atoms with van der Waals surface area (Å²) in [5.41, 5.74) is 2.76. The number of fused-ring (bicyclic) bond motifs is 1. The van der Waals surface area contributed by atoms with Crippen LogP contribution in [0.1, 0.15) is 188 Å². The molecule has 0 aliphatic rings. The minimum Gasteiger partial charge on any atom is -0.384 e. The van der Waals surface area contributed by atoms with Crippen molar-refractivity contribution in [3.05, 3.63) is 387 Å². The van der Waals surface area contributed by atoms with Crippen LogP contribution < -0.4 is 0 Å². The molecule has 0 radical (unpaired) electrons. The highest BCUT2D eigenvalue weighted by Gasteiger charge is 2.41. The molecule has 12 aromatic carbocycles. The van der Waals surface area contributed by atoms with E-state index in [1.54, 1.807) is 187 Å². The van der Waals surface area contributed by atoms with Gasteiger partial charge in [0.25, 0.3) is 0 Å². The molecule has 0 unspecified atom stereocenters. The summed E-state index contributed by atoms with van der Waals surface area (Å²) in [5.74, 6) is -2.02. The largest absolute Gasteiger partial charge is 0.418 e. The molecule has 0 saturated carbocycles. The lowest BCUT2D eigenvalue weighted by Gasteiger charge is -2.28. The first-order valence-corrected chi connectivity index (χ1v) is 53.9. The summed E-state index contributed by atoms with van der Waals surface area (Å²) in [6.45, 7) is 28.0. The lowest BCUT2D eigenvalue weighted by atomic mass is 9.83. The van der Waals surface area contributed by atoms with Crippen LogP contribution in [-0.4, -0.2) is 97.8 Å².